The first-order valence-corrected chi connectivity index (χ1v) is 11.5. The van der Waals surface area contributed by atoms with Crippen LogP contribution in [0.15, 0.2) is 91.0 Å². The maximum atomic E-state index is 8.67. The summed E-state index contributed by atoms with van der Waals surface area (Å²) in [7, 11) is 0. The molecule has 3 aromatic rings. The molecule has 23 heavy (non-hydrogen) atoms. The van der Waals surface area contributed by atoms with Crippen molar-refractivity contribution in [2.24, 2.45) is 5.73 Å². The van der Waals surface area contributed by atoms with Gasteiger partial charge in [0.15, 0.2) is 0 Å². The van der Waals surface area contributed by atoms with Gasteiger partial charge in [-0.15, -0.1) is 0 Å². The fraction of sp³-hybridized carbons (Fsp3) is 0. The quantitative estimate of drug-likeness (QED) is 0.640. The molecule has 0 aliphatic carbocycles. The Balaban J connectivity index is 0.000000433. The standard InChI is InChI=1S/3C6H5.CH3NO2.Sn/c3*1-2-4-6-5-3-1;2-1(3)4;/h3*1-5H;2H2,(H,3,4);/q;;;;+1/p-1. The average molecular weight is 410 g/mol. The van der Waals surface area contributed by atoms with E-state index in [9.17, 15) is 0 Å². The third-order valence-corrected chi connectivity index (χ3v) is 11.0. The molecule has 0 atom stereocenters. The number of carboxylic acid groups (broad SMARTS) is 1. The van der Waals surface area contributed by atoms with Gasteiger partial charge in [-0.2, -0.15) is 0 Å². The molecule has 0 heterocycles. The summed E-state index contributed by atoms with van der Waals surface area (Å²) in [6, 6.07) is 32.9. The van der Waals surface area contributed by atoms with E-state index in [1.165, 1.54) is 10.7 Å². The second-order valence-corrected chi connectivity index (χ2v) is 11.9. The molecule has 1 amide bonds. The van der Waals surface area contributed by atoms with Gasteiger partial charge in [-0.05, 0) is 0 Å². The zero-order chi connectivity index (χ0) is 16.5. The number of primary amides is 1. The monoisotopic (exact) mass is 411 g/mol. The van der Waals surface area contributed by atoms with Crippen LogP contribution in [0.5, 0.6) is 0 Å². The van der Waals surface area contributed by atoms with Crippen LogP contribution >= 0.6 is 0 Å². The minimum absolute atomic E-state index is 1.53. The molecule has 0 unspecified atom stereocenters. The van der Waals surface area contributed by atoms with Gasteiger partial charge in [0, 0.05) is 0 Å². The summed E-state index contributed by atoms with van der Waals surface area (Å²) < 4.78 is 4.59. The fourth-order valence-electron chi connectivity index (χ4n) is 2.31. The van der Waals surface area contributed by atoms with Gasteiger partial charge in [0.25, 0.3) is 0 Å². The van der Waals surface area contributed by atoms with Crippen molar-refractivity contribution in [2.75, 3.05) is 0 Å². The van der Waals surface area contributed by atoms with Crippen molar-refractivity contribution in [3.05, 3.63) is 91.0 Å². The fourth-order valence-corrected chi connectivity index (χ4v) is 9.67. The number of rotatable bonds is 3. The Morgan fingerprint density at radius 1 is 0.652 bits per heavy atom. The van der Waals surface area contributed by atoms with E-state index in [1.54, 1.807) is 0 Å². The van der Waals surface area contributed by atoms with Crippen molar-refractivity contribution in [1.82, 2.24) is 0 Å². The van der Waals surface area contributed by atoms with E-state index in [4.69, 9.17) is 9.90 Å². The van der Waals surface area contributed by atoms with Gasteiger partial charge in [0.05, 0.1) is 0 Å². The summed E-state index contributed by atoms with van der Waals surface area (Å²) >= 11 is -1.98. The Morgan fingerprint density at radius 2 is 0.870 bits per heavy atom. The summed E-state index contributed by atoms with van der Waals surface area (Å²) in [5, 5.41) is 8.67. The van der Waals surface area contributed by atoms with Gasteiger partial charge < -0.3 is 15.6 Å². The number of hydrogen-bond donors (Lipinski definition) is 1. The van der Waals surface area contributed by atoms with Gasteiger partial charge >= 0.3 is 121 Å². The van der Waals surface area contributed by atoms with E-state index < -0.39 is 25.9 Å². The molecular weight excluding hydrogens is 393 g/mol. The molecule has 0 spiro atoms. The van der Waals surface area contributed by atoms with Gasteiger partial charge in [-0.3, -0.25) is 0 Å². The van der Waals surface area contributed by atoms with Crippen molar-refractivity contribution in [1.29, 1.82) is 0 Å². The Labute approximate surface area is 143 Å². The first kappa shape index (κ1) is 17.1. The van der Waals surface area contributed by atoms with E-state index in [0.717, 1.165) is 0 Å². The van der Waals surface area contributed by atoms with Gasteiger partial charge in [-0.1, -0.05) is 0 Å². The Morgan fingerprint density at radius 3 is 1.09 bits per heavy atom. The molecular formula is C19H17NO2Sn. The van der Waals surface area contributed by atoms with Crippen LogP contribution in [0.4, 0.5) is 4.79 Å². The van der Waals surface area contributed by atoms with E-state index in [1.807, 2.05) is 0 Å². The van der Waals surface area contributed by atoms with Gasteiger partial charge in [-0.25, -0.2) is 0 Å². The Kier molecular flexibility index (Phi) is 6.69. The Bertz CT molecular complexity index is 620. The maximum absolute atomic E-state index is 8.67. The number of benzene rings is 3. The van der Waals surface area contributed by atoms with E-state index in [-0.39, 0.29) is 0 Å². The van der Waals surface area contributed by atoms with E-state index in [2.05, 4.69) is 96.7 Å². The molecule has 4 heteroatoms. The van der Waals surface area contributed by atoms with Crippen LogP contribution in [0.2, 0.25) is 0 Å². The third kappa shape index (κ3) is 5.45. The molecule has 114 valence electrons. The van der Waals surface area contributed by atoms with E-state index >= 15 is 0 Å². The molecule has 0 aromatic heterocycles. The number of nitrogens with two attached hydrogens (primary N) is 1. The SMILES string of the molecule is NC(=O)[O-].c1cc[c]([Sn+]([c]2ccccc2)[c]2ccccc2)cc1. The van der Waals surface area contributed by atoms with Crippen LogP contribution in [0.3, 0.4) is 0 Å². The summed E-state index contributed by atoms with van der Waals surface area (Å²) in [5.74, 6) is 0. The Hall–Kier alpha value is -2.27. The molecule has 0 aliphatic rings. The third-order valence-electron chi connectivity index (χ3n) is 3.19. The number of hydrogen-bond acceptors (Lipinski definition) is 2. The molecule has 0 radical (unpaired) electrons. The number of carbonyl (C=O) groups excluding carboxylic acids is 1. The predicted molar refractivity (Wildman–Crippen MR) is 93.6 cm³/mol. The predicted octanol–water partition coefficient (Wildman–Crippen LogP) is 0.491. The van der Waals surface area contributed by atoms with Gasteiger partial charge in [0.1, 0.15) is 6.09 Å². The normalized spacial score (nSPS) is 9.39. The molecule has 3 nitrogen and oxygen atoms in total. The first-order chi connectivity index (χ1) is 11.2. The molecule has 0 fully saturated rings. The van der Waals surface area contributed by atoms with Crippen LogP contribution in [0.25, 0.3) is 0 Å². The van der Waals surface area contributed by atoms with Crippen molar-refractivity contribution in [2.45, 2.75) is 0 Å². The molecule has 3 aromatic carbocycles. The molecule has 0 aliphatic heterocycles. The van der Waals surface area contributed by atoms with Crippen LogP contribution in [-0.2, 0) is 0 Å². The van der Waals surface area contributed by atoms with Crippen molar-refractivity contribution in [3.8, 4) is 0 Å². The molecule has 0 saturated heterocycles. The summed E-state index contributed by atoms with van der Waals surface area (Å²) in [4.78, 5) is 8.67. The number of carbonyl (C=O) groups is 1. The minimum atomic E-state index is -1.98. The second-order valence-electron chi connectivity index (χ2n) is 4.79. The summed E-state index contributed by atoms with van der Waals surface area (Å²) in [6.45, 7) is 0. The summed E-state index contributed by atoms with van der Waals surface area (Å²) in [5.41, 5.74) is 3.92. The zero-order valence-electron chi connectivity index (χ0n) is 12.6. The first-order valence-electron chi connectivity index (χ1n) is 7.18. The number of amides is 1. The average Bonchev–Trinajstić information content (AvgIpc) is 2.58. The van der Waals surface area contributed by atoms with Crippen molar-refractivity contribution < 1.29 is 9.90 Å². The molecule has 3 rings (SSSR count). The van der Waals surface area contributed by atoms with Crippen LogP contribution in [0, 0.1) is 0 Å². The van der Waals surface area contributed by atoms with Crippen molar-refractivity contribution in [3.63, 3.8) is 0 Å². The molecule has 0 bridgehead atoms. The molecule has 2 N–H and O–H groups in total. The van der Waals surface area contributed by atoms with Crippen LogP contribution in [-0.4, -0.2) is 25.9 Å². The van der Waals surface area contributed by atoms with E-state index in [0.29, 0.717) is 0 Å². The van der Waals surface area contributed by atoms with Crippen molar-refractivity contribution >= 4 is 36.6 Å². The second kappa shape index (κ2) is 9.00. The molecule has 0 saturated carbocycles. The van der Waals surface area contributed by atoms with Crippen LogP contribution < -0.4 is 21.6 Å². The van der Waals surface area contributed by atoms with Crippen LogP contribution in [0.1, 0.15) is 0 Å². The topological polar surface area (TPSA) is 66.2 Å². The van der Waals surface area contributed by atoms with Gasteiger partial charge in [0.2, 0.25) is 0 Å². The zero-order valence-corrected chi connectivity index (χ0v) is 15.4. The summed E-state index contributed by atoms with van der Waals surface area (Å²) in [6.07, 6.45) is -1.58.